The van der Waals surface area contributed by atoms with Gasteiger partial charge in [-0.25, -0.2) is 4.79 Å². The molecule has 4 rings (SSSR count). The molecule has 3 atom stereocenters. The Labute approximate surface area is 175 Å². The zero-order valence-corrected chi connectivity index (χ0v) is 17.3. The lowest BCUT2D eigenvalue weighted by Crippen LogP contribution is -2.47. The van der Waals surface area contributed by atoms with Crippen LogP contribution in [0.2, 0.25) is 0 Å². The molecule has 9 nitrogen and oxygen atoms in total. The molecule has 3 unspecified atom stereocenters. The van der Waals surface area contributed by atoms with Crippen molar-refractivity contribution in [1.82, 2.24) is 25.8 Å². The van der Waals surface area contributed by atoms with Gasteiger partial charge >= 0.3 is 0 Å². The van der Waals surface area contributed by atoms with Gasteiger partial charge in [0.15, 0.2) is 17.5 Å². The largest absolute Gasteiger partial charge is 0.351 e. The lowest BCUT2D eigenvalue weighted by molar-refractivity contribution is -0.128. The van der Waals surface area contributed by atoms with Crippen LogP contribution in [0.25, 0.3) is 0 Å². The molecule has 4 aliphatic rings. The van der Waals surface area contributed by atoms with Crippen LogP contribution in [0.1, 0.15) is 19.3 Å². The second-order valence-corrected chi connectivity index (χ2v) is 8.40. The Morgan fingerprint density at radius 3 is 2.40 bits per heavy atom. The number of piperazine rings is 1. The molecular formula is C21H29N5O4. The van der Waals surface area contributed by atoms with Gasteiger partial charge in [0.05, 0.1) is 11.6 Å². The maximum Gasteiger partial charge on any atom is 0.257 e. The summed E-state index contributed by atoms with van der Waals surface area (Å²) in [6, 6.07) is -1.34. The van der Waals surface area contributed by atoms with Gasteiger partial charge in [-0.05, 0) is 32.4 Å². The van der Waals surface area contributed by atoms with E-state index in [9.17, 15) is 19.2 Å². The Morgan fingerprint density at radius 1 is 1.03 bits per heavy atom. The molecule has 0 spiro atoms. The van der Waals surface area contributed by atoms with Crippen LogP contribution < -0.4 is 16.0 Å². The van der Waals surface area contributed by atoms with E-state index in [4.69, 9.17) is 0 Å². The van der Waals surface area contributed by atoms with Gasteiger partial charge in [0.25, 0.3) is 5.91 Å². The molecule has 0 aliphatic carbocycles. The van der Waals surface area contributed by atoms with Crippen molar-refractivity contribution in [2.24, 2.45) is 5.92 Å². The molecule has 3 saturated heterocycles. The van der Waals surface area contributed by atoms with Gasteiger partial charge in [0.1, 0.15) is 11.7 Å². The third-order valence-corrected chi connectivity index (χ3v) is 6.61. The average molecular weight is 415 g/mol. The van der Waals surface area contributed by atoms with Crippen LogP contribution in [0.4, 0.5) is 0 Å². The Morgan fingerprint density at radius 2 is 1.80 bits per heavy atom. The van der Waals surface area contributed by atoms with Crippen molar-refractivity contribution in [3.8, 4) is 0 Å². The van der Waals surface area contributed by atoms with Crippen LogP contribution in [0.3, 0.4) is 0 Å². The Bertz CT molecular complexity index is 813. The average Bonchev–Trinajstić information content (AvgIpc) is 3.53. The number of amides is 1. The standard InChI is InChI=1S/C21H29N5O4/c1-25-15(12-27)16(21(30)26-9-7-22-8-10-26)17(20(29)14-3-2-5-24-14)18(25)19(28)13-4-6-23-11-13/h13-14,18,22-24H,2-11H2,1H3. The molecule has 0 radical (unpaired) electrons. The maximum atomic E-state index is 13.5. The van der Waals surface area contributed by atoms with E-state index in [0.717, 1.165) is 19.5 Å². The minimum atomic E-state index is -0.914. The topological polar surface area (TPSA) is 111 Å². The summed E-state index contributed by atoms with van der Waals surface area (Å²) in [4.78, 5) is 55.5. The Balaban J connectivity index is 1.78. The highest BCUT2D eigenvalue weighted by Crippen LogP contribution is 2.36. The number of carbonyl (C=O) groups is 3. The number of carbonyl (C=O) groups excluding carboxylic acids is 4. The van der Waals surface area contributed by atoms with Gasteiger partial charge in [-0.1, -0.05) is 0 Å². The summed E-state index contributed by atoms with van der Waals surface area (Å²) >= 11 is 0. The van der Waals surface area contributed by atoms with Crippen molar-refractivity contribution in [3.63, 3.8) is 0 Å². The molecule has 0 saturated carbocycles. The lowest BCUT2D eigenvalue weighted by atomic mass is 9.87. The van der Waals surface area contributed by atoms with Crippen molar-refractivity contribution in [2.75, 3.05) is 52.9 Å². The van der Waals surface area contributed by atoms with E-state index in [-0.39, 0.29) is 40.2 Å². The zero-order valence-electron chi connectivity index (χ0n) is 17.3. The maximum absolute atomic E-state index is 13.5. The predicted molar refractivity (Wildman–Crippen MR) is 109 cm³/mol. The van der Waals surface area contributed by atoms with Crippen LogP contribution in [0.5, 0.6) is 0 Å². The molecule has 0 aromatic carbocycles. The molecule has 3 fully saturated rings. The summed E-state index contributed by atoms with van der Waals surface area (Å²) in [5.41, 5.74) is 0.261. The summed E-state index contributed by atoms with van der Waals surface area (Å²) in [6.07, 6.45) is 2.21. The molecule has 3 N–H and O–H groups in total. The quantitative estimate of drug-likeness (QED) is 0.453. The van der Waals surface area contributed by atoms with E-state index < -0.39 is 12.1 Å². The first-order valence-corrected chi connectivity index (χ1v) is 10.8. The van der Waals surface area contributed by atoms with Gasteiger partial charge in [-0.3, -0.25) is 14.4 Å². The number of ketones is 2. The van der Waals surface area contributed by atoms with Crippen molar-refractivity contribution >= 4 is 23.4 Å². The summed E-state index contributed by atoms with van der Waals surface area (Å²) < 4.78 is 0. The molecule has 162 valence electrons. The third kappa shape index (κ3) is 3.63. The fourth-order valence-corrected chi connectivity index (χ4v) is 4.94. The number of rotatable bonds is 5. The van der Waals surface area contributed by atoms with Crippen molar-refractivity contribution < 1.29 is 19.2 Å². The first-order chi connectivity index (χ1) is 14.5. The van der Waals surface area contributed by atoms with Gasteiger partial charge in [0, 0.05) is 51.3 Å². The van der Waals surface area contributed by atoms with Crippen molar-refractivity contribution in [3.05, 3.63) is 16.8 Å². The Hall–Kier alpha value is -2.32. The van der Waals surface area contributed by atoms with Crippen LogP contribution in [-0.2, 0) is 19.2 Å². The third-order valence-electron chi connectivity index (χ3n) is 6.61. The summed E-state index contributed by atoms with van der Waals surface area (Å²) in [5.74, 6) is 0.915. The minimum absolute atomic E-state index is 0.0178. The van der Waals surface area contributed by atoms with Crippen LogP contribution in [0.15, 0.2) is 16.8 Å². The monoisotopic (exact) mass is 415 g/mol. The molecule has 0 aromatic rings. The van der Waals surface area contributed by atoms with E-state index in [0.29, 0.717) is 45.6 Å². The van der Waals surface area contributed by atoms with Crippen molar-refractivity contribution in [2.45, 2.75) is 31.3 Å². The molecule has 1 amide bonds. The number of nitrogens with one attached hydrogen (secondary N) is 3. The molecule has 4 heterocycles. The highest BCUT2D eigenvalue weighted by Gasteiger charge is 2.49. The van der Waals surface area contributed by atoms with E-state index in [1.165, 1.54) is 4.90 Å². The Kier molecular flexibility index (Phi) is 6.15. The molecular weight excluding hydrogens is 386 g/mol. The first kappa shape index (κ1) is 20.9. The molecule has 9 heteroatoms. The van der Waals surface area contributed by atoms with Crippen LogP contribution in [-0.4, -0.2) is 98.2 Å². The molecule has 0 bridgehead atoms. The van der Waals surface area contributed by atoms with Crippen LogP contribution >= 0.6 is 0 Å². The number of likely N-dealkylation sites (N-methyl/N-ethyl adjacent to an activating group) is 1. The fourth-order valence-electron chi connectivity index (χ4n) is 4.94. The second-order valence-electron chi connectivity index (χ2n) is 8.40. The smallest absolute Gasteiger partial charge is 0.257 e. The number of Topliss-reactive ketones (excluding diaryl/α,β-unsaturated/α-hetero) is 2. The van der Waals surface area contributed by atoms with E-state index in [1.54, 1.807) is 11.9 Å². The summed E-state index contributed by atoms with van der Waals surface area (Å²) in [7, 11) is 1.61. The number of hydrogen-bond acceptors (Lipinski definition) is 8. The van der Waals surface area contributed by atoms with Gasteiger partial charge < -0.3 is 25.8 Å². The second kappa shape index (κ2) is 8.81. The van der Waals surface area contributed by atoms with Crippen LogP contribution in [0, 0.1) is 5.92 Å². The minimum Gasteiger partial charge on any atom is -0.351 e. The van der Waals surface area contributed by atoms with E-state index in [1.807, 2.05) is 5.94 Å². The first-order valence-electron chi connectivity index (χ1n) is 10.8. The summed E-state index contributed by atoms with van der Waals surface area (Å²) in [5, 5.41) is 9.56. The normalized spacial score (nSPS) is 29.5. The van der Waals surface area contributed by atoms with E-state index in [2.05, 4.69) is 16.0 Å². The molecule has 0 aromatic heterocycles. The lowest BCUT2D eigenvalue weighted by Gasteiger charge is -2.28. The van der Waals surface area contributed by atoms with Gasteiger partial charge in [0.2, 0.25) is 0 Å². The highest BCUT2D eigenvalue weighted by atomic mass is 16.2. The molecule has 30 heavy (non-hydrogen) atoms. The highest BCUT2D eigenvalue weighted by molar-refractivity contribution is 6.17. The number of nitrogens with zero attached hydrogens (tertiary/aromatic N) is 2. The predicted octanol–water partition coefficient (Wildman–Crippen LogP) is -1.76. The zero-order chi connectivity index (χ0) is 21.3. The van der Waals surface area contributed by atoms with Gasteiger partial charge in [-0.15, -0.1) is 0 Å². The van der Waals surface area contributed by atoms with Crippen molar-refractivity contribution in [1.29, 1.82) is 0 Å². The fraction of sp³-hybridized carbons (Fsp3) is 0.667. The van der Waals surface area contributed by atoms with E-state index >= 15 is 0 Å². The molecule has 4 aliphatic heterocycles. The number of hydrogen-bond donors (Lipinski definition) is 3. The SMILES string of the molecule is CN1C(=C=O)C(C(=O)N2CCNCC2)=C(C(=O)C2CCCN2)C1C(=O)C1CCNC1. The van der Waals surface area contributed by atoms with Gasteiger partial charge in [-0.2, -0.15) is 0 Å². The summed E-state index contributed by atoms with van der Waals surface area (Å²) in [6.45, 7) is 4.30.